The normalized spacial score (nSPS) is 23.9. The lowest BCUT2D eigenvalue weighted by atomic mass is 9.67. The third kappa shape index (κ3) is 4.43. The standard InChI is InChI=1S/C27H26Cl2N4O/c28-22-10-3-1-6-18(22)24-20-8-5-9-21(25(31-24)19-7-2-4-11-23(19)29)26(20)32-33-27(34)16-12-14-17(30)15-13-16/h1-4,6-7,10-15,20-21,24-25,31H,5,8-9,30H2,(H,33,34). The summed E-state index contributed by atoms with van der Waals surface area (Å²) in [6, 6.07) is 22.6. The Kier molecular flexibility index (Phi) is 6.59. The summed E-state index contributed by atoms with van der Waals surface area (Å²) in [6.07, 6.45) is 3.00. The molecular formula is C27H26Cl2N4O. The maximum absolute atomic E-state index is 12.8. The Balaban J connectivity index is 1.54. The fraction of sp³-hybridized carbons (Fsp3) is 0.259. The molecule has 1 saturated heterocycles. The molecule has 7 heteroatoms. The van der Waals surface area contributed by atoms with Crippen LogP contribution in [0.15, 0.2) is 77.9 Å². The van der Waals surface area contributed by atoms with Crippen molar-refractivity contribution >= 4 is 40.5 Å². The van der Waals surface area contributed by atoms with Gasteiger partial charge in [-0.25, -0.2) is 5.43 Å². The van der Waals surface area contributed by atoms with E-state index in [2.05, 4.69) is 22.9 Å². The van der Waals surface area contributed by atoms with Crippen molar-refractivity contribution in [3.63, 3.8) is 0 Å². The third-order valence-electron chi connectivity index (χ3n) is 6.89. The summed E-state index contributed by atoms with van der Waals surface area (Å²) in [5.74, 6) is -0.0269. The molecule has 34 heavy (non-hydrogen) atoms. The second-order valence-electron chi connectivity index (χ2n) is 8.91. The summed E-state index contributed by atoms with van der Waals surface area (Å²) in [6.45, 7) is 0. The lowest BCUT2D eigenvalue weighted by Crippen LogP contribution is -2.51. The lowest BCUT2D eigenvalue weighted by Gasteiger charge is -2.47. The van der Waals surface area contributed by atoms with Crippen molar-refractivity contribution in [2.45, 2.75) is 31.3 Å². The van der Waals surface area contributed by atoms with Gasteiger partial charge in [-0.1, -0.05) is 66.0 Å². The zero-order valence-corrected chi connectivity index (χ0v) is 20.1. The number of amides is 1. The van der Waals surface area contributed by atoms with Gasteiger partial charge in [-0.3, -0.25) is 4.79 Å². The van der Waals surface area contributed by atoms with Crippen LogP contribution < -0.4 is 16.5 Å². The molecule has 1 aliphatic carbocycles. The smallest absolute Gasteiger partial charge is 0.271 e. The van der Waals surface area contributed by atoms with E-state index in [4.69, 9.17) is 34.0 Å². The molecule has 0 radical (unpaired) electrons. The number of halogens is 2. The molecule has 2 fully saturated rings. The molecular weight excluding hydrogens is 467 g/mol. The minimum Gasteiger partial charge on any atom is -0.399 e. The maximum Gasteiger partial charge on any atom is 0.271 e. The van der Waals surface area contributed by atoms with Gasteiger partial charge in [0.15, 0.2) is 0 Å². The first-order valence-corrected chi connectivity index (χ1v) is 12.3. The van der Waals surface area contributed by atoms with E-state index in [0.717, 1.165) is 36.1 Å². The van der Waals surface area contributed by atoms with Crippen LogP contribution in [0.4, 0.5) is 5.69 Å². The molecule has 3 aromatic carbocycles. The molecule has 4 unspecified atom stereocenters. The number of carbonyl (C=O) groups excluding carboxylic acids is 1. The highest BCUT2D eigenvalue weighted by atomic mass is 35.5. The number of nitrogens with two attached hydrogens (primary N) is 1. The van der Waals surface area contributed by atoms with E-state index in [-0.39, 0.29) is 29.8 Å². The first kappa shape index (κ1) is 22.9. The number of nitrogens with one attached hydrogen (secondary N) is 2. The van der Waals surface area contributed by atoms with Crippen LogP contribution in [0.1, 0.15) is 52.8 Å². The number of hydrogen-bond acceptors (Lipinski definition) is 4. The Morgan fingerprint density at radius 3 is 1.91 bits per heavy atom. The van der Waals surface area contributed by atoms with E-state index in [1.54, 1.807) is 24.3 Å². The molecule has 1 aliphatic heterocycles. The zero-order valence-electron chi connectivity index (χ0n) is 18.5. The second-order valence-corrected chi connectivity index (χ2v) is 9.72. The quantitative estimate of drug-likeness (QED) is 0.301. The van der Waals surface area contributed by atoms with Gasteiger partial charge >= 0.3 is 0 Å². The molecule has 4 atom stereocenters. The Hall–Kier alpha value is -2.86. The summed E-state index contributed by atoms with van der Waals surface area (Å²) in [4.78, 5) is 12.8. The van der Waals surface area contributed by atoms with Crippen molar-refractivity contribution in [3.8, 4) is 0 Å². The molecule has 0 spiro atoms. The zero-order chi connectivity index (χ0) is 23.7. The van der Waals surface area contributed by atoms with Gasteiger partial charge in [-0.05, 0) is 60.4 Å². The van der Waals surface area contributed by atoms with Crippen molar-refractivity contribution in [1.29, 1.82) is 0 Å². The van der Waals surface area contributed by atoms with Crippen molar-refractivity contribution in [2.24, 2.45) is 16.9 Å². The number of anilines is 1. The van der Waals surface area contributed by atoms with E-state index in [9.17, 15) is 4.79 Å². The fourth-order valence-corrected chi connectivity index (χ4v) is 5.78. The summed E-state index contributed by atoms with van der Waals surface area (Å²) < 4.78 is 0. The third-order valence-corrected chi connectivity index (χ3v) is 7.58. The van der Waals surface area contributed by atoms with Crippen LogP contribution in [-0.4, -0.2) is 11.6 Å². The van der Waals surface area contributed by atoms with Crippen molar-refractivity contribution in [2.75, 3.05) is 5.73 Å². The fourth-order valence-electron chi connectivity index (χ4n) is 5.28. The molecule has 1 saturated carbocycles. The monoisotopic (exact) mass is 492 g/mol. The van der Waals surface area contributed by atoms with Crippen LogP contribution in [0.3, 0.4) is 0 Å². The van der Waals surface area contributed by atoms with Crippen molar-refractivity contribution in [3.05, 3.63) is 99.5 Å². The largest absolute Gasteiger partial charge is 0.399 e. The number of hydrogen-bond donors (Lipinski definition) is 3. The minimum atomic E-state index is -0.257. The Morgan fingerprint density at radius 1 is 0.853 bits per heavy atom. The number of carbonyl (C=O) groups is 1. The summed E-state index contributed by atoms with van der Waals surface area (Å²) in [5.41, 5.74) is 12.7. The molecule has 1 heterocycles. The van der Waals surface area contributed by atoms with Gasteiger partial charge in [0.1, 0.15) is 0 Å². The average molecular weight is 493 g/mol. The van der Waals surface area contributed by atoms with E-state index >= 15 is 0 Å². The molecule has 2 bridgehead atoms. The molecule has 1 amide bonds. The van der Waals surface area contributed by atoms with Gasteiger partial charge in [-0.2, -0.15) is 5.10 Å². The summed E-state index contributed by atoms with van der Waals surface area (Å²) in [7, 11) is 0. The first-order chi connectivity index (χ1) is 16.5. The number of piperidine rings is 1. The van der Waals surface area contributed by atoms with Gasteiger partial charge in [0.05, 0.1) is 0 Å². The molecule has 2 aliphatic rings. The van der Waals surface area contributed by atoms with E-state index in [1.807, 2.05) is 36.4 Å². The molecule has 0 aromatic heterocycles. The van der Waals surface area contributed by atoms with E-state index in [0.29, 0.717) is 21.3 Å². The predicted molar refractivity (Wildman–Crippen MR) is 138 cm³/mol. The highest BCUT2D eigenvalue weighted by Gasteiger charge is 2.46. The lowest BCUT2D eigenvalue weighted by molar-refractivity contribution is 0.0953. The van der Waals surface area contributed by atoms with E-state index in [1.165, 1.54) is 0 Å². The number of nitrogens with zero attached hydrogens (tertiary/aromatic N) is 1. The van der Waals surface area contributed by atoms with Crippen LogP contribution in [0.5, 0.6) is 0 Å². The van der Waals surface area contributed by atoms with Gasteiger partial charge in [0, 0.05) is 50.9 Å². The van der Waals surface area contributed by atoms with Crippen LogP contribution in [0.25, 0.3) is 0 Å². The predicted octanol–water partition coefficient (Wildman–Crippen LogP) is 6.16. The Labute approximate surface area is 209 Å². The summed E-state index contributed by atoms with van der Waals surface area (Å²) >= 11 is 13.3. The molecule has 5 rings (SSSR count). The van der Waals surface area contributed by atoms with Gasteiger partial charge in [0.25, 0.3) is 5.91 Å². The van der Waals surface area contributed by atoms with Crippen molar-refractivity contribution < 1.29 is 4.79 Å². The highest BCUT2D eigenvalue weighted by molar-refractivity contribution is 6.31. The van der Waals surface area contributed by atoms with Crippen LogP contribution in [0, 0.1) is 11.8 Å². The first-order valence-electron chi connectivity index (χ1n) is 11.5. The highest BCUT2D eigenvalue weighted by Crippen LogP contribution is 2.48. The van der Waals surface area contributed by atoms with Gasteiger partial charge in [-0.15, -0.1) is 0 Å². The molecule has 5 nitrogen and oxygen atoms in total. The van der Waals surface area contributed by atoms with Crippen LogP contribution in [0.2, 0.25) is 10.0 Å². The van der Waals surface area contributed by atoms with Gasteiger partial charge < -0.3 is 11.1 Å². The van der Waals surface area contributed by atoms with Gasteiger partial charge in [0.2, 0.25) is 0 Å². The number of hydrazone groups is 1. The molecule has 174 valence electrons. The second kappa shape index (κ2) is 9.79. The van der Waals surface area contributed by atoms with E-state index < -0.39 is 0 Å². The number of benzene rings is 3. The molecule has 4 N–H and O–H groups in total. The maximum atomic E-state index is 12.8. The van der Waals surface area contributed by atoms with Crippen LogP contribution >= 0.6 is 23.2 Å². The minimum absolute atomic E-state index is 0.0429. The Morgan fingerprint density at radius 2 is 1.38 bits per heavy atom. The Bertz CT molecular complexity index is 1170. The SMILES string of the molecule is Nc1ccc(C(=O)NN=C2C3CCCC2C(c2ccccc2Cl)NC3c2ccccc2Cl)cc1. The number of nitrogen functional groups attached to an aromatic ring is 1. The average Bonchev–Trinajstić information content (AvgIpc) is 2.84. The van der Waals surface area contributed by atoms with Crippen LogP contribution in [-0.2, 0) is 0 Å². The number of fused-ring (bicyclic) bond motifs is 2. The van der Waals surface area contributed by atoms with Crippen molar-refractivity contribution in [1.82, 2.24) is 10.7 Å². The topological polar surface area (TPSA) is 79.5 Å². The molecule has 3 aromatic rings. The summed E-state index contributed by atoms with van der Waals surface area (Å²) in [5, 5.41) is 10.0. The number of rotatable bonds is 4.